The summed E-state index contributed by atoms with van der Waals surface area (Å²) in [6.45, 7) is 10.7. The van der Waals surface area contributed by atoms with Gasteiger partial charge in [-0.3, -0.25) is 24.4 Å². The number of likely N-dealkylation sites (tertiary alicyclic amines) is 1. The quantitative estimate of drug-likeness (QED) is 0.103. The second-order valence-corrected chi connectivity index (χ2v) is 20.7. The highest BCUT2D eigenvalue weighted by Gasteiger charge is 2.33. The smallest absolute Gasteiger partial charge is 0.234 e. The van der Waals surface area contributed by atoms with Gasteiger partial charge < -0.3 is 15.1 Å². The van der Waals surface area contributed by atoms with Gasteiger partial charge in [0.15, 0.2) is 5.82 Å². The Labute approximate surface area is 377 Å². The van der Waals surface area contributed by atoms with Crippen LogP contribution in [0.3, 0.4) is 0 Å². The van der Waals surface area contributed by atoms with E-state index in [4.69, 9.17) is 9.97 Å². The van der Waals surface area contributed by atoms with Gasteiger partial charge in [0.05, 0.1) is 38.6 Å². The van der Waals surface area contributed by atoms with E-state index in [0.29, 0.717) is 73.6 Å². The number of nitrogens with one attached hydrogen (secondary N) is 3. The molecule has 14 nitrogen and oxygen atoms in total. The summed E-state index contributed by atoms with van der Waals surface area (Å²) in [5.41, 5.74) is 3.49. The number of hydrogen-bond donors (Lipinski definition) is 3. The molecule has 1 atom stereocenters. The number of thiazole rings is 1. The molecule has 0 spiro atoms. The first-order valence-electron chi connectivity index (χ1n) is 22.0. The highest BCUT2D eigenvalue weighted by atomic mass is 32.2. The first-order chi connectivity index (χ1) is 30.7. The maximum Gasteiger partial charge on any atom is 0.234 e. The van der Waals surface area contributed by atoms with Crippen molar-refractivity contribution in [3.05, 3.63) is 95.0 Å². The fraction of sp³-hybridized carbons (Fsp3) is 0.426. The molecule has 336 valence electrons. The summed E-state index contributed by atoms with van der Waals surface area (Å²) in [5.74, 6) is -0.0162. The van der Waals surface area contributed by atoms with Crippen molar-refractivity contribution >= 4 is 62.2 Å². The molecule has 3 saturated heterocycles. The van der Waals surface area contributed by atoms with Gasteiger partial charge in [0.1, 0.15) is 5.82 Å². The molecule has 0 unspecified atom stereocenters. The molecule has 5 aromatic rings. The number of pyridine rings is 1. The van der Waals surface area contributed by atoms with Crippen molar-refractivity contribution in [1.29, 1.82) is 0 Å². The van der Waals surface area contributed by atoms with Gasteiger partial charge in [-0.15, -0.1) is 11.3 Å². The number of piperidine rings is 3. The second kappa shape index (κ2) is 18.7. The van der Waals surface area contributed by atoms with E-state index in [1.54, 1.807) is 37.5 Å². The molecule has 3 aliphatic heterocycles. The monoisotopic (exact) mass is 907 g/mol. The third-order valence-corrected chi connectivity index (χ3v) is 15.2. The summed E-state index contributed by atoms with van der Waals surface area (Å²) in [4.78, 5) is 61.4. The Morgan fingerprint density at radius 2 is 1.64 bits per heavy atom. The van der Waals surface area contributed by atoms with E-state index in [9.17, 15) is 22.8 Å². The number of benzene rings is 2. The highest BCUT2D eigenvalue weighted by Crippen LogP contribution is 2.42. The Bertz CT molecular complexity index is 2640. The van der Waals surface area contributed by atoms with E-state index < -0.39 is 15.8 Å². The van der Waals surface area contributed by atoms with E-state index in [2.05, 4.69) is 42.4 Å². The zero-order valence-corrected chi connectivity index (χ0v) is 38.2. The average molecular weight is 908 g/mol. The van der Waals surface area contributed by atoms with E-state index in [0.717, 1.165) is 47.8 Å². The fourth-order valence-corrected chi connectivity index (χ4v) is 10.9. The van der Waals surface area contributed by atoms with Crippen molar-refractivity contribution in [2.24, 2.45) is 5.92 Å². The Kier molecular flexibility index (Phi) is 13.1. The molecule has 3 aromatic heterocycles. The standard InChI is InChI=1S/C47H54FN9O5S2/c1-5-27-64(61,62)55-36-8-6-7-35(40(36)48)41-42(63-45(54-41)47(2,3)4)37-16-22-50-46(52-37)51-33-11-9-29(10-12-33)30-17-25-57(26-18-30)44(60)31-19-23-56(24-20-31)38-28-32(15-21-49-38)34-13-14-39(58)53-43(34)59/h6-12,15-16,21-22,28,30-31,34,55H,5,13-14,17-20,23-27H2,1-4H3,(H,50,51,52)(H,53,58,59)/t34-/m1/s1. The van der Waals surface area contributed by atoms with Crippen LogP contribution in [0.25, 0.3) is 21.8 Å². The molecule has 0 aliphatic carbocycles. The summed E-state index contributed by atoms with van der Waals surface area (Å²) < 4.78 is 43.6. The number of aromatic nitrogens is 4. The topological polar surface area (TPSA) is 179 Å². The van der Waals surface area contributed by atoms with Crippen molar-refractivity contribution in [3.8, 4) is 21.8 Å². The van der Waals surface area contributed by atoms with Crippen molar-refractivity contribution in [2.75, 3.05) is 46.9 Å². The molecule has 3 N–H and O–H groups in total. The average Bonchev–Trinajstić information content (AvgIpc) is 3.74. The zero-order valence-electron chi connectivity index (χ0n) is 36.6. The fourth-order valence-electron chi connectivity index (χ4n) is 8.67. The van der Waals surface area contributed by atoms with Gasteiger partial charge >= 0.3 is 0 Å². The molecule has 3 fully saturated rings. The first-order valence-corrected chi connectivity index (χ1v) is 24.5. The molecule has 3 aliphatic rings. The minimum Gasteiger partial charge on any atom is -0.357 e. The maximum atomic E-state index is 16.1. The van der Waals surface area contributed by atoms with Crippen LogP contribution in [-0.4, -0.2) is 82.9 Å². The number of rotatable bonds is 12. The number of sulfonamides is 1. The van der Waals surface area contributed by atoms with E-state index in [1.807, 2.05) is 49.9 Å². The summed E-state index contributed by atoms with van der Waals surface area (Å²) in [5, 5.41) is 6.53. The number of carbonyl (C=O) groups excluding carboxylic acids is 3. The lowest BCUT2D eigenvalue weighted by molar-refractivity contribution is -0.137. The van der Waals surface area contributed by atoms with Crippen molar-refractivity contribution < 1.29 is 27.2 Å². The molecule has 0 saturated carbocycles. The van der Waals surface area contributed by atoms with Gasteiger partial charge in [-0.1, -0.05) is 45.9 Å². The van der Waals surface area contributed by atoms with Crippen LogP contribution in [0.1, 0.15) is 101 Å². The van der Waals surface area contributed by atoms with Crippen LogP contribution >= 0.6 is 11.3 Å². The van der Waals surface area contributed by atoms with Gasteiger partial charge in [0.2, 0.25) is 33.7 Å². The first kappa shape index (κ1) is 44.8. The van der Waals surface area contributed by atoms with Gasteiger partial charge in [0, 0.05) is 67.6 Å². The van der Waals surface area contributed by atoms with Crippen LogP contribution in [0.2, 0.25) is 0 Å². The summed E-state index contributed by atoms with van der Waals surface area (Å²) in [7, 11) is -3.72. The van der Waals surface area contributed by atoms with Gasteiger partial charge in [0.25, 0.3) is 0 Å². The third kappa shape index (κ3) is 10.1. The summed E-state index contributed by atoms with van der Waals surface area (Å²) in [6.07, 6.45) is 7.81. The zero-order chi connectivity index (χ0) is 45.2. The normalized spacial score (nSPS) is 17.9. The molecule has 6 heterocycles. The van der Waals surface area contributed by atoms with Crippen LogP contribution in [0, 0.1) is 11.7 Å². The van der Waals surface area contributed by atoms with Crippen LogP contribution in [0.4, 0.5) is 27.5 Å². The summed E-state index contributed by atoms with van der Waals surface area (Å²) in [6, 6.07) is 18.4. The lowest BCUT2D eigenvalue weighted by atomic mass is 9.88. The molecule has 8 rings (SSSR count). The van der Waals surface area contributed by atoms with Crippen LogP contribution in [0.15, 0.2) is 73.1 Å². The Hall–Kier alpha value is -5.81. The van der Waals surface area contributed by atoms with Crippen LogP contribution in [-0.2, 0) is 29.8 Å². The number of halogens is 1. The molecule has 2 aromatic carbocycles. The van der Waals surface area contributed by atoms with Crippen molar-refractivity contribution in [2.45, 2.75) is 89.9 Å². The predicted octanol–water partition coefficient (Wildman–Crippen LogP) is 8.14. The predicted molar refractivity (Wildman–Crippen MR) is 248 cm³/mol. The molecule has 17 heteroatoms. The van der Waals surface area contributed by atoms with Crippen molar-refractivity contribution in [1.82, 2.24) is 30.2 Å². The van der Waals surface area contributed by atoms with Gasteiger partial charge in [-0.2, -0.15) is 0 Å². The molecular weight excluding hydrogens is 854 g/mol. The van der Waals surface area contributed by atoms with Gasteiger partial charge in [-0.05, 0) is 98.0 Å². The van der Waals surface area contributed by atoms with Crippen LogP contribution in [0.5, 0.6) is 0 Å². The largest absolute Gasteiger partial charge is 0.357 e. The Balaban J connectivity index is 0.875. The minimum absolute atomic E-state index is 0.0356. The number of carbonyl (C=O) groups is 3. The Morgan fingerprint density at radius 3 is 2.34 bits per heavy atom. The Morgan fingerprint density at radius 1 is 0.906 bits per heavy atom. The lowest BCUT2D eigenvalue weighted by Crippen LogP contribution is -2.45. The molecule has 0 radical (unpaired) electrons. The van der Waals surface area contributed by atoms with E-state index >= 15 is 4.39 Å². The number of amides is 3. The van der Waals surface area contributed by atoms with E-state index in [1.165, 1.54) is 23.0 Å². The van der Waals surface area contributed by atoms with Crippen molar-refractivity contribution in [3.63, 3.8) is 0 Å². The number of imide groups is 1. The number of nitrogens with zero attached hydrogens (tertiary/aromatic N) is 6. The van der Waals surface area contributed by atoms with Gasteiger partial charge in [-0.25, -0.2) is 32.7 Å². The third-order valence-electron chi connectivity index (χ3n) is 12.2. The molecule has 0 bridgehead atoms. The highest BCUT2D eigenvalue weighted by molar-refractivity contribution is 7.92. The number of hydrogen-bond acceptors (Lipinski definition) is 12. The lowest BCUT2D eigenvalue weighted by Gasteiger charge is -2.38. The maximum absolute atomic E-state index is 16.1. The molecule has 64 heavy (non-hydrogen) atoms. The van der Waals surface area contributed by atoms with Crippen LogP contribution < -0.4 is 20.3 Å². The molecular formula is C47H54FN9O5S2. The second-order valence-electron chi connectivity index (χ2n) is 17.9. The summed E-state index contributed by atoms with van der Waals surface area (Å²) >= 11 is 1.42. The SMILES string of the molecule is CCCS(=O)(=O)Nc1cccc(-c2nc(C(C)(C)C)sc2-c2ccnc(Nc3ccc(C4CCN(C(=O)C5CCN(c6cc([C@H]7CCC(=O)NC7=O)ccn6)CC5)CC4)cc3)n2)c1F. The van der Waals surface area contributed by atoms with E-state index in [-0.39, 0.29) is 52.0 Å². The number of anilines is 4. The minimum atomic E-state index is -3.72. The molecule has 3 amide bonds.